The molecule has 0 bridgehead atoms. The van der Waals surface area contributed by atoms with E-state index in [0.717, 1.165) is 0 Å². The van der Waals surface area contributed by atoms with Crippen LogP contribution in [0, 0.1) is 0 Å². The lowest BCUT2D eigenvalue weighted by molar-refractivity contribution is -0.0432. The first kappa shape index (κ1) is 13.5. The normalized spacial score (nSPS) is 26.3. The van der Waals surface area contributed by atoms with Crippen LogP contribution < -0.4 is 4.74 Å². The number of aliphatic hydroxyl groups excluding tert-OH is 2. The Morgan fingerprint density at radius 3 is 3.00 bits per heavy atom. The molecule has 2 aromatic heterocycles. The molecule has 3 atom stereocenters. The third-order valence-electron chi connectivity index (χ3n) is 3.25. The number of halogens is 1. The van der Waals surface area contributed by atoms with Crippen molar-refractivity contribution in [3.05, 3.63) is 11.6 Å². The highest BCUT2D eigenvalue weighted by Gasteiger charge is 2.35. The van der Waals surface area contributed by atoms with Crippen molar-refractivity contribution in [1.82, 2.24) is 19.5 Å². The van der Waals surface area contributed by atoms with E-state index in [-0.39, 0.29) is 17.8 Å². The second kappa shape index (κ2) is 5.13. The summed E-state index contributed by atoms with van der Waals surface area (Å²) in [6.45, 7) is -0.247. The summed E-state index contributed by atoms with van der Waals surface area (Å²) in [6, 6.07) is 0. The number of imidazole rings is 1. The molecule has 2 aromatic rings. The average Bonchev–Trinajstić information content (AvgIpc) is 3.00. The van der Waals surface area contributed by atoms with Crippen LogP contribution in [-0.4, -0.2) is 55.7 Å². The molecule has 3 heterocycles. The Labute approximate surface area is 118 Å². The molecule has 3 rings (SSSR count). The van der Waals surface area contributed by atoms with Crippen molar-refractivity contribution in [3.8, 4) is 5.88 Å². The average molecular weight is 301 g/mol. The molecule has 0 saturated carbocycles. The van der Waals surface area contributed by atoms with Crippen molar-refractivity contribution in [2.45, 2.75) is 24.9 Å². The zero-order valence-electron chi connectivity index (χ0n) is 10.6. The summed E-state index contributed by atoms with van der Waals surface area (Å²) < 4.78 is 12.3. The predicted molar refractivity (Wildman–Crippen MR) is 68.5 cm³/mol. The van der Waals surface area contributed by atoms with Crippen LogP contribution >= 0.6 is 11.6 Å². The Kier molecular flexibility index (Phi) is 3.47. The first-order valence-electron chi connectivity index (χ1n) is 6.02. The van der Waals surface area contributed by atoms with Crippen LogP contribution in [0.2, 0.25) is 5.28 Å². The van der Waals surface area contributed by atoms with Gasteiger partial charge < -0.3 is 19.7 Å². The van der Waals surface area contributed by atoms with Gasteiger partial charge in [0.15, 0.2) is 11.2 Å². The molecule has 0 aliphatic carbocycles. The summed E-state index contributed by atoms with van der Waals surface area (Å²) in [5.74, 6) is 0.274. The van der Waals surface area contributed by atoms with Crippen LogP contribution in [0.15, 0.2) is 6.33 Å². The van der Waals surface area contributed by atoms with Gasteiger partial charge in [0.05, 0.1) is 26.1 Å². The van der Waals surface area contributed by atoms with E-state index in [1.165, 1.54) is 13.4 Å². The van der Waals surface area contributed by atoms with Crippen molar-refractivity contribution >= 4 is 22.8 Å². The lowest BCUT2D eigenvalue weighted by Crippen LogP contribution is -2.24. The summed E-state index contributed by atoms with van der Waals surface area (Å²) in [7, 11) is 1.47. The molecule has 108 valence electrons. The first-order valence-corrected chi connectivity index (χ1v) is 6.40. The molecular weight excluding hydrogens is 288 g/mol. The molecule has 20 heavy (non-hydrogen) atoms. The summed E-state index contributed by atoms with van der Waals surface area (Å²) in [5, 5.41) is 18.9. The summed E-state index contributed by atoms with van der Waals surface area (Å²) >= 11 is 5.85. The van der Waals surface area contributed by atoms with Gasteiger partial charge in [-0.25, -0.2) is 4.98 Å². The van der Waals surface area contributed by atoms with Gasteiger partial charge in [-0.05, 0) is 11.6 Å². The summed E-state index contributed by atoms with van der Waals surface area (Å²) in [4.78, 5) is 12.2. The van der Waals surface area contributed by atoms with E-state index in [1.807, 2.05) is 0 Å². The Morgan fingerprint density at radius 2 is 2.35 bits per heavy atom. The van der Waals surface area contributed by atoms with Crippen molar-refractivity contribution in [2.75, 3.05) is 13.7 Å². The monoisotopic (exact) mass is 300 g/mol. The molecular formula is C11H13ClN4O4. The van der Waals surface area contributed by atoms with Crippen LogP contribution in [-0.2, 0) is 4.74 Å². The van der Waals surface area contributed by atoms with E-state index in [0.29, 0.717) is 17.6 Å². The molecule has 1 aliphatic heterocycles. The van der Waals surface area contributed by atoms with Crippen LogP contribution in [0.3, 0.4) is 0 Å². The van der Waals surface area contributed by atoms with Gasteiger partial charge in [-0.1, -0.05) is 0 Å². The Hall–Kier alpha value is -1.48. The molecule has 1 fully saturated rings. The van der Waals surface area contributed by atoms with Gasteiger partial charge in [0, 0.05) is 6.42 Å². The lowest BCUT2D eigenvalue weighted by Gasteiger charge is -2.13. The quantitative estimate of drug-likeness (QED) is 0.777. The standard InChI is InChI=1S/C11H13ClN4O4/c1-19-10-8-9(14-11(12)15-10)16(4-13-8)7-2-5(18)6(3-17)20-7/h4-7,17-18H,2-3H2,1H3/t5-,6+,7-/m1/s1. The third-order valence-corrected chi connectivity index (χ3v) is 3.42. The van der Waals surface area contributed by atoms with Crippen molar-refractivity contribution in [3.63, 3.8) is 0 Å². The largest absolute Gasteiger partial charge is 0.479 e. The highest BCUT2D eigenvalue weighted by atomic mass is 35.5. The Bertz CT molecular complexity index is 634. The minimum atomic E-state index is -0.735. The summed E-state index contributed by atoms with van der Waals surface area (Å²) in [6.07, 6.45) is 0.0387. The molecule has 1 saturated heterocycles. The molecule has 1 aliphatic rings. The number of ether oxygens (including phenoxy) is 2. The zero-order chi connectivity index (χ0) is 14.3. The molecule has 2 N–H and O–H groups in total. The maximum absolute atomic E-state index is 9.78. The number of hydrogen-bond acceptors (Lipinski definition) is 7. The highest BCUT2D eigenvalue weighted by Crippen LogP contribution is 2.32. The smallest absolute Gasteiger partial charge is 0.246 e. The van der Waals surface area contributed by atoms with Gasteiger partial charge in [0.2, 0.25) is 11.2 Å². The van der Waals surface area contributed by atoms with E-state index in [1.54, 1.807) is 4.57 Å². The Balaban J connectivity index is 2.03. The van der Waals surface area contributed by atoms with E-state index < -0.39 is 18.4 Å². The van der Waals surface area contributed by atoms with Gasteiger partial charge in [-0.15, -0.1) is 0 Å². The van der Waals surface area contributed by atoms with E-state index in [9.17, 15) is 5.11 Å². The van der Waals surface area contributed by atoms with Gasteiger partial charge in [0.1, 0.15) is 12.3 Å². The predicted octanol–water partition coefficient (Wildman–Crippen LogP) is 0.129. The fraction of sp³-hybridized carbons (Fsp3) is 0.545. The molecule has 0 spiro atoms. The van der Waals surface area contributed by atoms with Gasteiger partial charge in [-0.2, -0.15) is 9.97 Å². The van der Waals surface area contributed by atoms with E-state index in [4.69, 9.17) is 26.2 Å². The fourth-order valence-corrected chi connectivity index (χ4v) is 2.43. The highest BCUT2D eigenvalue weighted by molar-refractivity contribution is 6.28. The second-order valence-electron chi connectivity index (χ2n) is 4.44. The first-order chi connectivity index (χ1) is 9.63. The van der Waals surface area contributed by atoms with Crippen molar-refractivity contribution < 1.29 is 19.7 Å². The van der Waals surface area contributed by atoms with Crippen LogP contribution in [0.1, 0.15) is 12.6 Å². The zero-order valence-corrected chi connectivity index (χ0v) is 11.4. The molecule has 9 heteroatoms. The van der Waals surface area contributed by atoms with E-state index in [2.05, 4.69) is 15.0 Å². The number of nitrogens with zero attached hydrogens (tertiary/aromatic N) is 4. The number of hydrogen-bond donors (Lipinski definition) is 2. The fourth-order valence-electron chi connectivity index (χ4n) is 2.27. The molecule has 0 radical (unpaired) electrons. The van der Waals surface area contributed by atoms with Crippen molar-refractivity contribution in [2.24, 2.45) is 0 Å². The maximum Gasteiger partial charge on any atom is 0.246 e. The van der Waals surface area contributed by atoms with Gasteiger partial charge in [0.25, 0.3) is 0 Å². The number of aliphatic hydroxyl groups is 2. The SMILES string of the molecule is COc1nc(Cl)nc2c1ncn2[C@H]1C[C@@H](O)[C@H](CO)O1. The molecule has 0 amide bonds. The van der Waals surface area contributed by atoms with Crippen LogP contribution in [0.5, 0.6) is 5.88 Å². The Morgan fingerprint density at radius 1 is 1.55 bits per heavy atom. The maximum atomic E-state index is 9.78. The number of methoxy groups -OCH3 is 1. The minimum Gasteiger partial charge on any atom is -0.479 e. The van der Waals surface area contributed by atoms with Gasteiger partial charge >= 0.3 is 0 Å². The number of rotatable bonds is 3. The number of aromatic nitrogens is 4. The van der Waals surface area contributed by atoms with Crippen LogP contribution in [0.25, 0.3) is 11.2 Å². The van der Waals surface area contributed by atoms with Gasteiger partial charge in [-0.3, -0.25) is 4.57 Å². The molecule has 8 nitrogen and oxygen atoms in total. The van der Waals surface area contributed by atoms with Crippen LogP contribution in [0.4, 0.5) is 0 Å². The lowest BCUT2D eigenvalue weighted by atomic mass is 10.2. The number of fused-ring (bicyclic) bond motifs is 1. The third kappa shape index (κ3) is 2.10. The molecule has 0 unspecified atom stereocenters. The summed E-state index contributed by atoms with van der Waals surface area (Å²) in [5.41, 5.74) is 0.917. The van der Waals surface area contributed by atoms with Crippen molar-refractivity contribution in [1.29, 1.82) is 0 Å². The second-order valence-corrected chi connectivity index (χ2v) is 4.78. The minimum absolute atomic E-state index is 0.0355. The topological polar surface area (TPSA) is 103 Å². The molecule has 0 aromatic carbocycles. The van der Waals surface area contributed by atoms with E-state index >= 15 is 0 Å².